The Morgan fingerprint density at radius 1 is 1.00 bits per heavy atom. The van der Waals surface area contributed by atoms with Gasteiger partial charge in [0.1, 0.15) is 0 Å². The predicted octanol–water partition coefficient (Wildman–Crippen LogP) is 4.72. The van der Waals surface area contributed by atoms with E-state index in [1.165, 1.54) is 18.9 Å². The molecule has 1 aliphatic carbocycles. The Labute approximate surface area is 111 Å². The van der Waals surface area contributed by atoms with Gasteiger partial charge in [0.25, 0.3) is 0 Å². The molecule has 2 aliphatic rings. The van der Waals surface area contributed by atoms with Gasteiger partial charge in [-0.1, -0.05) is 37.8 Å². The molecule has 0 aromatic heterocycles. The van der Waals surface area contributed by atoms with E-state index in [4.69, 9.17) is 0 Å². The molecule has 3 rings (SSSR count). The maximum atomic E-state index is 13.0. The first-order chi connectivity index (χ1) is 9.03. The number of alkyl halides is 3. The van der Waals surface area contributed by atoms with Crippen molar-refractivity contribution in [2.75, 3.05) is 11.9 Å². The number of anilines is 1. The minimum Gasteiger partial charge on any atom is -0.383 e. The van der Waals surface area contributed by atoms with Crippen molar-refractivity contribution in [3.05, 3.63) is 29.3 Å². The summed E-state index contributed by atoms with van der Waals surface area (Å²) in [5.41, 5.74) is 0.653. The molecule has 19 heavy (non-hydrogen) atoms. The minimum absolute atomic E-state index is 0.0624. The van der Waals surface area contributed by atoms with Crippen molar-refractivity contribution >= 4 is 5.69 Å². The fourth-order valence-electron chi connectivity index (χ4n) is 3.63. The van der Waals surface area contributed by atoms with E-state index in [0.29, 0.717) is 12.2 Å². The Morgan fingerprint density at radius 3 is 2.32 bits per heavy atom. The van der Waals surface area contributed by atoms with Crippen LogP contribution in [0.1, 0.15) is 49.7 Å². The number of nitrogens with one attached hydrogen (secondary N) is 1. The molecule has 1 nitrogen and oxygen atoms in total. The molecule has 0 amide bonds. The molecule has 1 fully saturated rings. The van der Waals surface area contributed by atoms with Gasteiger partial charge in [0.15, 0.2) is 0 Å². The average molecular weight is 269 g/mol. The van der Waals surface area contributed by atoms with Gasteiger partial charge >= 0.3 is 6.18 Å². The number of rotatable bonds is 0. The summed E-state index contributed by atoms with van der Waals surface area (Å²) >= 11 is 0. The zero-order valence-electron chi connectivity index (χ0n) is 10.8. The van der Waals surface area contributed by atoms with E-state index in [2.05, 4.69) is 5.32 Å². The Balaban J connectivity index is 2.05. The van der Waals surface area contributed by atoms with Gasteiger partial charge in [-0.3, -0.25) is 0 Å². The summed E-state index contributed by atoms with van der Waals surface area (Å²) in [7, 11) is 0. The Morgan fingerprint density at radius 2 is 1.68 bits per heavy atom. The third kappa shape index (κ3) is 2.11. The molecule has 0 saturated heterocycles. The summed E-state index contributed by atoms with van der Waals surface area (Å²) in [4.78, 5) is 0. The van der Waals surface area contributed by atoms with Crippen molar-refractivity contribution in [2.24, 2.45) is 0 Å². The highest BCUT2D eigenvalue weighted by molar-refractivity contribution is 5.66. The maximum absolute atomic E-state index is 13.0. The molecule has 0 unspecified atom stereocenters. The van der Waals surface area contributed by atoms with Crippen molar-refractivity contribution in [2.45, 2.75) is 50.1 Å². The van der Waals surface area contributed by atoms with E-state index >= 15 is 0 Å². The van der Waals surface area contributed by atoms with Gasteiger partial charge in [0.2, 0.25) is 0 Å². The summed E-state index contributed by atoms with van der Waals surface area (Å²) in [5, 5.41) is 3.04. The molecule has 0 radical (unpaired) electrons. The first-order valence-corrected chi connectivity index (χ1v) is 6.98. The third-order valence-corrected chi connectivity index (χ3v) is 4.61. The zero-order valence-corrected chi connectivity index (χ0v) is 10.8. The minimum atomic E-state index is -4.27. The molecule has 104 valence electrons. The van der Waals surface area contributed by atoms with Crippen LogP contribution in [-0.2, 0) is 11.6 Å². The molecule has 1 heterocycles. The number of para-hydroxylation sites is 1. The van der Waals surface area contributed by atoms with Gasteiger partial charge in [0.05, 0.1) is 11.3 Å². The van der Waals surface area contributed by atoms with Gasteiger partial charge in [0, 0.05) is 12.0 Å². The highest BCUT2D eigenvalue weighted by Gasteiger charge is 2.43. The highest BCUT2D eigenvalue weighted by atomic mass is 19.4. The second-order valence-electron chi connectivity index (χ2n) is 5.77. The molecule has 0 atom stereocenters. The number of hydrogen-bond acceptors (Lipinski definition) is 1. The van der Waals surface area contributed by atoms with Crippen LogP contribution in [0.25, 0.3) is 0 Å². The first-order valence-electron chi connectivity index (χ1n) is 6.98. The largest absolute Gasteiger partial charge is 0.418 e. The Bertz CT molecular complexity index is 471. The number of benzene rings is 1. The van der Waals surface area contributed by atoms with Crippen LogP contribution in [0.2, 0.25) is 0 Å². The topological polar surface area (TPSA) is 12.0 Å². The maximum Gasteiger partial charge on any atom is 0.418 e. The second kappa shape index (κ2) is 4.43. The molecular weight excluding hydrogens is 251 g/mol. The fourth-order valence-corrected chi connectivity index (χ4v) is 3.63. The molecule has 1 N–H and O–H groups in total. The summed E-state index contributed by atoms with van der Waals surface area (Å²) in [6.07, 6.45) is 2.40. The van der Waals surface area contributed by atoms with E-state index in [-0.39, 0.29) is 5.41 Å². The van der Waals surface area contributed by atoms with Crippen LogP contribution in [0, 0.1) is 0 Å². The third-order valence-electron chi connectivity index (χ3n) is 4.61. The van der Waals surface area contributed by atoms with Crippen LogP contribution in [0.15, 0.2) is 18.2 Å². The normalized spacial score (nSPS) is 21.8. The van der Waals surface area contributed by atoms with Gasteiger partial charge in [-0.2, -0.15) is 13.2 Å². The number of fused-ring (bicyclic) bond motifs is 2. The highest BCUT2D eigenvalue weighted by Crippen LogP contribution is 2.49. The zero-order chi connectivity index (χ0) is 13.5. The van der Waals surface area contributed by atoms with E-state index in [9.17, 15) is 13.2 Å². The predicted molar refractivity (Wildman–Crippen MR) is 69.3 cm³/mol. The summed E-state index contributed by atoms with van der Waals surface area (Å²) < 4.78 is 39.1. The first kappa shape index (κ1) is 12.8. The Hall–Kier alpha value is -1.19. The lowest BCUT2D eigenvalue weighted by molar-refractivity contribution is -0.136. The lowest BCUT2D eigenvalue weighted by atomic mass is 9.75. The van der Waals surface area contributed by atoms with Gasteiger partial charge in [-0.25, -0.2) is 0 Å². The Kier molecular flexibility index (Phi) is 2.99. The van der Waals surface area contributed by atoms with Crippen LogP contribution < -0.4 is 5.32 Å². The van der Waals surface area contributed by atoms with E-state index in [1.54, 1.807) is 6.07 Å². The van der Waals surface area contributed by atoms with Crippen molar-refractivity contribution in [1.82, 2.24) is 0 Å². The molecular formula is C15H18F3N. The van der Waals surface area contributed by atoms with Crippen LogP contribution in [-0.4, -0.2) is 6.54 Å². The lowest BCUT2D eigenvalue weighted by Gasteiger charge is -2.27. The standard InChI is InChI=1S/C15H18F3N/c16-15(17,18)12-7-5-6-11-13(12)19-10-14(11)8-3-1-2-4-9-14/h5-7,19H,1-4,8-10H2. The van der Waals surface area contributed by atoms with Gasteiger partial charge < -0.3 is 5.32 Å². The number of hydrogen-bond donors (Lipinski definition) is 1. The molecule has 1 aromatic rings. The molecule has 1 spiro atoms. The molecule has 1 saturated carbocycles. The summed E-state index contributed by atoms with van der Waals surface area (Å²) in [5.74, 6) is 0. The van der Waals surface area contributed by atoms with E-state index in [1.807, 2.05) is 6.07 Å². The monoisotopic (exact) mass is 269 g/mol. The van der Waals surface area contributed by atoms with Crippen molar-refractivity contribution in [3.63, 3.8) is 0 Å². The smallest absolute Gasteiger partial charge is 0.383 e. The molecule has 1 aliphatic heterocycles. The van der Waals surface area contributed by atoms with Crippen molar-refractivity contribution < 1.29 is 13.2 Å². The molecule has 0 bridgehead atoms. The summed E-state index contributed by atoms with van der Waals surface area (Å²) in [6.45, 7) is 0.662. The lowest BCUT2D eigenvalue weighted by Crippen LogP contribution is -2.27. The van der Waals surface area contributed by atoms with Gasteiger partial charge in [-0.05, 0) is 24.5 Å². The quantitative estimate of drug-likeness (QED) is 0.718. The second-order valence-corrected chi connectivity index (χ2v) is 5.77. The number of halogens is 3. The van der Waals surface area contributed by atoms with E-state index in [0.717, 1.165) is 31.2 Å². The van der Waals surface area contributed by atoms with E-state index < -0.39 is 11.7 Å². The fraction of sp³-hybridized carbons (Fsp3) is 0.600. The van der Waals surface area contributed by atoms with Crippen LogP contribution in [0.4, 0.5) is 18.9 Å². The van der Waals surface area contributed by atoms with Crippen LogP contribution in [0.3, 0.4) is 0 Å². The van der Waals surface area contributed by atoms with Crippen molar-refractivity contribution in [3.8, 4) is 0 Å². The van der Waals surface area contributed by atoms with Crippen molar-refractivity contribution in [1.29, 1.82) is 0 Å². The molecule has 1 aromatic carbocycles. The SMILES string of the molecule is FC(F)(F)c1cccc2c1NCC21CCCCCC1. The summed E-state index contributed by atoms with van der Waals surface area (Å²) in [6, 6.07) is 4.62. The molecule has 4 heteroatoms. The van der Waals surface area contributed by atoms with Crippen LogP contribution in [0.5, 0.6) is 0 Å². The van der Waals surface area contributed by atoms with Crippen LogP contribution >= 0.6 is 0 Å². The van der Waals surface area contributed by atoms with Gasteiger partial charge in [-0.15, -0.1) is 0 Å². The average Bonchev–Trinajstić information content (AvgIpc) is 2.56.